The first-order valence-electron chi connectivity index (χ1n) is 9.42. The van der Waals surface area contributed by atoms with Crippen LogP contribution in [0.2, 0.25) is 0 Å². The molecule has 1 aromatic heterocycles. The van der Waals surface area contributed by atoms with Crippen LogP contribution in [0.3, 0.4) is 0 Å². The minimum atomic E-state index is -0.128. The van der Waals surface area contributed by atoms with Crippen molar-refractivity contribution in [2.45, 2.75) is 50.9 Å². The largest absolute Gasteiger partial charge is 0.358 e. The summed E-state index contributed by atoms with van der Waals surface area (Å²) >= 11 is 0. The fraction of sp³-hybridized carbons (Fsp3) is 0.476. The topological polar surface area (TPSA) is 36.1 Å². The molecule has 1 amide bonds. The standard InChI is InChI=1S/C21H25FN2O/c1-2-19(25)24-12-6-7-14(13-24)20-16(22)10-11-18-21(20)15-8-4-3-5-9-17(15)23-18/h2,10-11,14,23H,1,3-9,12-13H2/t14-/m0/s1. The van der Waals surface area contributed by atoms with E-state index in [1.807, 2.05) is 11.0 Å². The number of benzene rings is 1. The Bertz CT molecular complexity index is 823. The van der Waals surface area contributed by atoms with E-state index in [2.05, 4.69) is 11.6 Å². The van der Waals surface area contributed by atoms with Crippen LogP contribution < -0.4 is 0 Å². The van der Waals surface area contributed by atoms with Crippen molar-refractivity contribution in [2.75, 3.05) is 13.1 Å². The highest BCUT2D eigenvalue weighted by atomic mass is 19.1. The fourth-order valence-electron chi connectivity index (χ4n) is 4.62. The molecule has 0 spiro atoms. The normalized spacial score (nSPS) is 21.0. The van der Waals surface area contributed by atoms with E-state index in [9.17, 15) is 9.18 Å². The average molecular weight is 340 g/mol. The Morgan fingerprint density at radius 2 is 2.08 bits per heavy atom. The molecule has 2 heterocycles. The molecule has 3 nitrogen and oxygen atoms in total. The molecule has 1 fully saturated rings. The number of hydrogen-bond donors (Lipinski definition) is 1. The highest BCUT2D eigenvalue weighted by Crippen LogP contribution is 2.38. The Kier molecular flexibility index (Phi) is 4.36. The SMILES string of the molecule is C=CC(=O)N1CCC[C@H](c2c(F)ccc3[nH]c4c(c23)CCCCC4)C1. The molecule has 0 radical (unpaired) electrons. The molecule has 4 heteroatoms. The molecule has 1 N–H and O–H groups in total. The third-order valence-corrected chi connectivity index (χ3v) is 5.81. The number of hydrogen-bond acceptors (Lipinski definition) is 1. The van der Waals surface area contributed by atoms with Gasteiger partial charge in [-0.1, -0.05) is 13.0 Å². The number of aromatic nitrogens is 1. The zero-order valence-electron chi connectivity index (χ0n) is 14.6. The number of nitrogens with zero attached hydrogens (tertiary/aromatic N) is 1. The minimum Gasteiger partial charge on any atom is -0.358 e. The molecular formula is C21H25FN2O. The molecule has 2 aromatic rings. The van der Waals surface area contributed by atoms with Crippen molar-refractivity contribution < 1.29 is 9.18 Å². The number of aryl methyl sites for hydroxylation is 2. The Balaban J connectivity index is 1.80. The summed E-state index contributed by atoms with van der Waals surface area (Å²) in [6.07, 6.45) is 8.87. The number of likely N-dealkylation sites (tertiary alicyclic amines) is 1. The first kappa shape index (κ1) is 16.4. The number of piperidine rings is 1. The van der Waals surface area contributed by atoms with E-state index in [4.69, 9.17) is 0 Å². The van der Waals surface area contributed by atoms with Gasteiger partial charge in [-0.25, -0.2) is 4.39 Å². The van der Waals surface area contributed by atoms with Gasteiger partial charge in [-0.05, 0) is 62.3 Å². The van der Waals surface area contributed by atoms with Crippen LogP contribution in [-0.4, -0.2) is 28.9 Å². The number of halogens is 1. The van der Waals surface area contributed by atoms with Crippen LogP contribution in [0.25, 0.3) is 10.9 Å². The summed E-state index contributed by atoms with van der Waals surface area (Å²) in [6, 6.07) is 3.46. The number of rotatable bonds is 2. The van der Waals surface area contributed by atoms with Gasteiger partial charge >= 0.3 is 0 Å². The number of amides is 1. The zero-order chi connectivity index (χ0) is 17.4. The minimum absolute atomic E-state index is 0.0508. The van der Waals surface area contributed by atoms with E-state index < -0.39 is 0 Å². The molecule has 132 valence electrons. The molecule has 0 bridgehead atoms. The number of nitrogens with one attached hydrogen (secondary N) is 1. The van der Waals surface area contributed by atoms with Crippen LogP contribution in [0.1, 0.15) is 54.8 Å². The van der Waals surface area contributed by atoms with Gasteiger partial charge in [-0.15, -0.1) is 0 Å². The molecule has 25 heavy (non-hydrogen) atoms. The van der Waals surface area contributed by atoms with Crippen molar-refractivity contribution in [3.63, 3.8) is 0 Å². The molecule has 1 aliphatic carbocycles. The maximum Gasteiger partial charge on any atom is 0.245 e. The maximum absolute atomic E-state index is 14.9. The predicted molar refractivity (Wildman–Crippen MR) is 98.3 cm³/mol. The summed E-state index contributed by atoms with van der Waals surface area (Å²) in [5.74, 6) is -0.119. The van der Waals surface area contributed by atoms with Gasteiger partial charge in [0, 0.05) is 41.2 Å². The van der Waals surface area contributed by atoms with E-state index in [-0.39, 0.29) is 17.6 Å². The fourth-order valence-corrected chi connectivity index (χ4v) is 4.62. The Morgan fingerprint density at radius 1 is 1.24 bits per heavy atom. The van der Waals surface area contributed by atoms with Gasteiger partial charge in [0.05, 0.1) is 0 Å². The maximum atomic E-state index is 14.9. The highest BCUT2D eigenvalue weighted by Gasteiger charge is 2.29. The van der Waals surface area contributed by atoms with Gasteiger partial charge in [0.15, 0.2) is 0 Å². The molecule has 1 aromatic carbocycles. The highest BCUT2D eigenvalue weighted by molar-refractivity contribution is 5.89. The molecule has 4 rings (SSSR count). The van der Waals surface area contributed by atoms with Crippen LogP contribution in [-0.2, 0) is 17.6 Å². The van der Waals surface area contributed by atoms with E-state index >= 15 is 0 Å². The summed E-state index contributed by atoms with van der Waals surface area (Å²) in [4.78, 5) is 17.4. The van der Waals surface area contributed by atoms with Crippen molar-refractivity contribution in [1.82, 2.24) is 9.88 Å². The van der Waals surface area contributed by atoms with Gasteiger partial charge in [0.1, 0.15) is 5.82 Å². The van der Waals surface area contributed by atoms with Gasteiger partial charge in [-0.3, -0.25) is 4.79 Å². The van der Waals surface area contributed by atoms with E-state index in [1.54, 1.807) is 6.07 Å². The lowest BCUT2D eigenvalue weighted by atomic mass is 9.86. The average Bonchev–Trinajstić information content (AvgIpc) is 2.82. The summed E-state index contributed by atoms with van der Waals surface area (Å²) in [6.45, 7) is 4.92. The molecule has 0 saturated carbocycles. The summed E-state index contributed by atoms with van der Waals surface area (Å²) in [7, 11) is 0. The molecule has 1 saturated heterocycles. The lowest BCUT2D eigenvalue weighted by molar-refractivity contribution is -0.127. The van der Waals surface area contributed by atoms with Crippen molar-refractivity contribution in [3.05, 3.63) is 47.4 Å². The third kappa shape index (κ3) is 2.88. The quantitative estimate of drug-likeness (QED) is 0.635. The van der Waals surface area contributed by atoms with Gasteiger partial charge in [-0.2, -0.15) is 0 Å². The van der Waals surface area contributed by atoms with Gasteiger partial charge < -0.3 is 9.88 Å². The van der Waals surface area contributed by atoms with Crippen molar-refractivity contribution >= 4 is 16.8 Å². The molecule has 1 aliphatic heterocycles. The lowest BCUT2D eigenvalue weighted by Crippen LogP contribution is -2.38. The van der Waals surface area contributed by atoms with Crippen LogP contribution in [0.4, 0.5) is 4.39 Å². The first-order valence-corrected chi connectivity index (χ1v) is 9.42. The van der Waals surface area contributed by atoms with Crippen LogP contribution >= 0.6 is 0 Å². The van der Waals surface area contributed by atoms with Gasteiger partial charge in [0.2, 0.25) is 5.91 Å². The number of carbonyl (C=O) groups is 1. The monoisotopic (exact) mass is 340 g/mol. The van der Waals surface area contributed by atoms with Crippen LogP contribution in [0, 0.1) is 5.82 Å². The Hall–Kier alpha value is -2.10. The van der Waals surface area contributed by atoms with Crippen molar-refractivity contribution in [2.24, 2.45) is 0 Å². The van der Waals surface area contributed by atoms with Gasteiger partial charge in [0.25, 0.3) is 0 Å². The molecule has 0 unspecified atom stereocenters. The van der Waals surface area contributed by atoms with Crippen LogP contribution in [0.5, 0.6) is 0 Å². The first-order chi connectivity index (χ1) is 12.2. The van der Waals surface area contributed by atoms with Crippen molar-refractivity contribution in [3.8, 4) is 0 Å². The second kappa shape index (κ2) is 6.66. The summed E-state index contributed by atoms with van der Waals surface area (Å²) < 4.78 is 14.9. The second-order valence-corrected chi connectivity index (χ2v) is 7.35. The summed E-state index contributed by atoms with van der Waals surface area (Å²) in [5.41, 5.74) is 4.47. The van der Waals surface area contributed by atoms with Crippen molar-refractivity contribution in [1.29, 1.82) is 0 Å². The van der Waals surface area contributed by atoms with E-state index in [0.717, 1.165) is 48.7 Å². The van der Waals surface area contributed by atoms with E-state index in [0.29, 0.717) is 6.54 Å². The number of H-pyrrole nitrogens is 1. The molecule has 2 aliphatic rings. The molecule has 1 atom stereocenters. The summed E-state index contributed by atoms with van der Waals surface area (Å²) in [5, 5.41) is 1.09. The third-order valence-electron chi connectivity index (χ3n) is 5.81. The smallest absolute Gasteiger partial charge is 0.245 e. The number of carbonyl (C=O) groups excluding carboxylic acids is 1. The number of aromatic amines is 1. The Morgan fingerprint density at radius 3 is 2.92 bits per heavy atom. The molecular weight excluding hydrogens is 315 g/mol. The predicted octanol–water partition coefficient (Wildman–Crippen LogP) is 4.47. The van der Waals surface area contributed by atoms with Crippen LogP contribution in [0.15, 0.2) is 24.8 Å². The zero-order valence-corrected chi connectivity index (χ0v) is 14.6. The lowest BCUT2D eigenvalue weighted by Gasteiger charge is -2.33. The van der Waals surface area contributed by atoms with E-state index in [1.165, 1.54) is 36.6 Å². The number of fused-ring (bicyclic) bond motifs is 3. The Labute approximate surface area is 147 Å². The second-order valence-electron chi connectivity index (χ2n) is 7.35.